The first-order chi connectivity index (χ1) is 6.68. The minimum Gasteiger partial charge on any atom is -0.423 e. The molecule has 4 N–H and O–H groups in total. The topological polar surface area (TPSA) is 66.5 Å². The minimum atomic E-state index is -1.42. The number of benzene rings is 1. The van der Waals surface area contributed by atoms with Gasteiger partial charge in [-0.15, -0.1) is 0 Å². The number of rotatable bonds is 2. The SMILES string of the molecule is Nc1cc(B(O)O)ccc1C1CCC1. The standard InChI is InChI=1S/C10H14BNO2/c12-10-6-8(11(13)14)4-5-9(10)7-2-1-3-7/h4-7,13-14H,1-3,12H2. The van der Waals surface area contributed by atoms with Gasteiger partial charge in [0.2, 0.25) is 0 Å². The molecule has 1 aromatic rings. The van der Waals surface area contributed by atoms with Crippen LogP contribution in [0.25, 0.3) is 0 Å². The van der Waals surface area contributed by atoms with Gasteiger partial charge in [-0.05, 0) is 35.9 Å². The van der Waals surface area contributed by atoms with Crippen molar-refractivity contribution in [3.63, 3.8) is 0 Å². The highest BCUT2D eigenvalue weighted by molar-refractivity contribution is 6.58. The third-order valence-corrected chi connectivity index (χ3v) is 2.95. The molecule has 0 bridgehead atoms. The van der Waals surface area contributed by atoms with E-state index in [1.807, 2.05) is 6.07 Å². The van der Waals surface area contributed by atoms with E-state index in [2.05, 4.69) is 0 Å². The number of nitrogens with two attached hydrogens (primary N) is 1. The Labute approximate surface area is 83.7 Å². The fourth-order valence-corrected chi connectivity index (χ4v) is 1.84. The monoisotopic (exact) mass is 191 g/mol. The van der Waals surface area contributed by atoms with Gasteiger partial charge in [0.25, 0.3) is 0 Å². The van der Waals surface area contributed by atoms with Gasteiger partial charge in [0, 0.05) is 5.69 Å². The van der Waals surface area contributed by atoms with Gasteiger partial charge >= 0.3 is 7.12 Å². The zero-order valence-electron chi connectivity index (χ0n) is 7.98. The molecular weight excluding hydrogens is 177 g/mol. The van der Waals surface area contributed by atoms with Crippen molar-refractivity contribution in [1.29, 1.82) is 0 Å². The zero-order chi connectivity index (χ0) is 10.1. The summed E-state index contributed by atoms with van der Waals surface area (Å²) in [6.07, 6.45) is 3.67. The lowest BCUT2D eigenvalue weighted by molar-refractivity contribution is 0.420. The summed E-state index contributed by atoms with van der Waals surface area (Å²) in [5, 5.41) is 17.9. The van der Waals surface area contributed by atoms with Gasteiger partial charge < -0.3 is 15.8 Å². The Morgan fingerprint density at radius 3 is 2.43 bits per heavy atom. The van der Waals surface area contributed by atoms with E-state index >= 15 is 0 Å². The highest BCUT2D eigenvalue weighted by Gasteiger charge is 2.22. The Morgan fingerprint density at radius 1 is 1.29 bits per heavy atom. The van der Waals surface area contributed by atoms with Crippen molar-refractivity contribution in [3.8, 4) is 0 Å². The van der Waals surface area contributed by atoms with Crippen molar-refractivity contribution in [2.75, 3.05) is 5.73 Å². The van der Waals surface area contributed by atoms with Gasteiger partial charge in [0.1, 0.15) is 0 Å². The second kappa shape index (κ2) is 3.63. The molecule has 1 aliphatic rings. The molecule has 14 heavy (non-hydrogen) atoms. The van der Waals surface area contributed by atoms with Gasteiger partial charge in [-0.1, -0.05) is 18.6 Å². The third-order valence-electron chi connectivity index (χ3n) is 2.95. The average Bonchev–Trinajstić information content (AvgIpc) is 2.04. The molecule has 4 heteroatoms. The molecule has 0 amide bonds. The second-order valence-corrected chi connectivity index (χ2v) is 3.89. The molecule has 0 saturated heterocycles. The molecule has 0 aliphatic heterocycles. The average molecular weight is 191 g/mol. The third kappa shape index (κ3) is 1.63. The lowest BCUT2D eigenvalue weighted by atomic mass is 9.75. The Balaban J connectivity index is 2.26. The number of hydrogen-bond donors (Lipinski definition) is 3. The van der Waals surface area contributed by atoms with Gasteiger partial charge in [0.15, 0.2) is 0 Å². The molecule has 1 aromatic carbocycles. The van der Waals surface area contributed by atoms with E-state index in [0.29, 0.717) is 17.1 Å². The summed E-state index contributed by atoms with van der Waals surface area (Å²) >= 11 is 0. The second-order valence-electron chi connectivity index (χ2n) is 3.89. The summed E-state index contributed by atoms with van der Waals surface area (Å²) < 4.78 is 0. The van der Waals surface area contributed by atoms with E-state index in [9.17, 15) is 0 Å². The van der Waals surface area contributed by atoms with Crippen LogP contribution in [0.3, 0.4) is 0 Å². The van der Waals surface area contributed by atoms with Gasteiger partial charge in [-0.2, -0.15) is 0 Å². The summed E-state index contributed by atoms with van der Waals surface area (Å²) in [6, 6.07) is 5.29. The van der Waals surface area contributed by atoms with Gasteiger partial charge in [0.05, 0.1) is 0 Å². The van der Waals surface area contributed by atoms with Crippen LogP contribution in [-0.2, 0) is 0 Å². The number of nitrogen functional groups attached to an aromatic ring is 1. The molecule has 0 unspecified atom stereocenters. The van der Waals surface area contributed by atoms with Crippen molar-refractivity contribution >= 4 is 18.3 Å². The fraction of sp³-hybridized carbons (Fsp3) is 0.400. The quantitative estimate of drug-likeness (QED) is 0.462. The van der Waals surface area contributed by atoms with Crippen molar-refractivity contribution < 1.29 is 10.0 Å². The number of anilines is 1. The highest BCUT2D eigenvalue weighted by atomic mass is 16.4. The lowest BCUT2D eigenvalue weighted by Gasteiger charge is -2.27. The first-order valence-corrected chi connectivity index (χ1v) is 4.94. The molecule has 1 fully saturated rings. The Kier molecular flexibility index (Phi) is 2.48. The van der Waals surface area contributed by atoms with Crippen LogP contribution in [-0.4, -0.2) is 17.2 Å². The maximum atomic E-state index is 8.95. The van der Waals surface area contributed by atoms with Crippen LogP contribution in [0.5, 0.6) is 0 Å². The Morgan fingerprint density at radius 2 is 2.00 bits per heavy atom. The summed E-state index contributed by atoms with van der Waals surface area (Å²) in [4.78, 5) is 0. The molecule has 0 spiro atoms. The van der Waals surface area contributed by atoms with E-state index in [1.165, 1.54) is 19.3 Å². The van der Waals surface area contributed by atoms with E-state index in [4.69, 9.17) is 15.8 Å². The van der Waals surface area contributed by atoms with E-state index < -0.39 is 7.12 Å². The molecule has 3 nitrogen and oxygen atoms in total. The maximum absolute atomic E-state index is 8.95. The van der Waals surface area contributed by atoms with Crippen LogP contribution < -0.4 is 11.2 Å². The Hall–Kier alpha value is -0.995. The molecule has 0 radical (unpaired) electrons. The summed E-state index contributed by atoms with van der Waals surface area (Å²) in [6.45, 7) is 0. The minimum absolute atomic E-state index is 0.463. The van der Waals surface area contributed by atoms with Crippen LogP contribution in [0.1, 0.15) is 30.7 Å². The van der Waals surface area contributed by atoms with Crippen LogP contribution >= 0.6 is 0 Å². The summed E-state index contributed by atoms with van der Waals surface area (Å²) in [5.41, 5.74) is 8.15. The Bertz CT molecular complexity index is 337. The zero-order valence-corrected chi connectivity index (χ0v) is 7.98. The van der Waals surface area contributed by atoms with Crippen LogP contribution in [0, 0.1) is 0 Å². The van der Waals surface area contributed by atoms with E-state index in [1.54, 1.807) is 12.1 Å². The van der Waals surface area contributed by atoms with Crippen LogP contribution in [0.4, 0.5) is 5.69 Å². The predicted molar refractivity (Wildman–Crippen MR) is 57.3 cm³/mol. The molecule has 1 saturated carbocycles. The highest BCUT2D eigenvalue weighted by Crippen LogP contribution is 2.38. The molecule has 1 aliphatic carbocycles. The molecule has 0 aromatic heterocycles. The summed E-state index contributed by atoms with van der Waals surface area (Å²) in [5.74, 6) is 0.583. The van der Waals surface area contributed by atoms with Gasteiger partial charge in [-0.3, -0.25) is 0 Å². The maximum Gasteiger partial charge on any atom is 0.488 e. The first kappa shape index (κ1) is 9.56. The van der Waals surface area contributed by atoms with Crippen molar-refractivity contribution in [2.24, 2.45) is 0 Å². The van der Waals surface area contributed by atoms with Crippen LogP contribution in [0.15, 0.2) is 18.2 Å². The van der Waals surface area contributed by atoms with Crippen molar-refractivity contribution in [1.82, 2.24) is 0 Å². The van der Waals surface area contributed by atoms with Crippen molar-refractivity contribution in [3.05, 3.63) is 23.8 Å². The molecular formula is C10H14BNO2. The normalized spacial score (nSPS) is 16.4. The van der Waals surface area contributed by atoms with E-state index in [0.717, 1.165) is 5.56 Å². The fourth-order valence-electron chi connectivity index (χ4n) is 1.84. The molecule has 2 rings (SSSR count). The number of hydrogen-bond acceptors (Lipinski definition) is 3. The molecule has 0 atom stereocenters. The van der Waals surface area contributed by atoms with Crippen molar-refractivity contribution in [2.45, 2.75) is 25.2 Å². The molecule has 74 valence electrons. The smallest absolute Gasteiger partial charge is 0.423 e. The van der Waals surface area contributed by atoms with Gasteiger partial charge in [-0.25, -0.2) is 0 Å². The predicted octanol–water partition coefficient (Wildman–Crippen LogP) is 0.216. The molecule has 0 heterocycles. The largest absolute Gasteiger partial charge is 0.488 e. The van der Waals surface area contributed by atoms with E-state index in [-0.39, 0.29) is 0 Å². The van der Waals surface area contributed by atoms with Crippen LogP contribution in [0.2, 0.25) is 0 Å². The first-order valence-electron chi connectivity index (χ1n) is 4.94. The summed E-state index contributed by atoms with van der Waals surface area (Å²) in [7, 11) is -1.42. The lowest BCUT2D eigenvalue weighted by Crippen LogP contribution is -2.30.